The molecule has 0 fully saturated rings. The van der Waals surface area contributed by atoms with Gasteiger partial charge in [0.1, 0.15) is 4.92 Å². The van der Waals surface area contributed by atoms with Gasteiger partial charge in [-0.25, -0.2) is 0 Å². The first-order valence-electron chi connectivity index (χ1n) is 3.10. The lowest BCUT2D eigenvalue weighted by Gasteiger charge is -1.81. The maximum atomic E-state index is 10.1. The van der Waals surface area contributed by atoms with Crippen LogP contribution in [0.1, 0.15) is 5.76 Å². The molecule has 0 unspecified atom stereocenters. The predicted molar refractivity (Wildman–Crippen MR) is 38.5 cm³/mol. The lowest BCUT2D eigenvalue weighted by atomic mass is 10.5. The molecule has 6 heteroatoms. The number of hydrogen-bond acceptors (Lipinski definition) is 4. The van der Waals surface area contributed by atoms with E-state index in [4.69, 9.17) is 9.62 Å². The Morgan fingerprint density at radius 3 is 2.75 bits per heavy atom. The van der Waals surface area contributed by atoms with Crippen LogP contribution in [-0.4, -0.2) is 28.1 Å². The second-order valence-electron chi connectivity index (χ2n) is 2.14. The van der Waals surface area contributed by atoms with Crippen LogP contribution in [0.3, 0.4) is 0 Å². The molecule has 0 saturated heterocycles. The van der Waals surface area contributed by atoms with Crippen molar-refractivity contribution in [3.8, 4) is 0 Å². The molecule has 0 aliphatic carbocycles. The molecule has 1 aromatic rings. The highest BCUT2D eigenvalue weighted by Gasteiger charge is 2.12. The van der Waals surface area contributed by atoms with Gasteiger partial charge in [0.2, 0.25) is 5.76 Å². The average Bonchev–Trinajstić information content (AvgIpc) is 2.34. The molecule has 0 amide bonds. The van der Waals surface area contributed by atoms with Crippen molar-refractivity contribution in [1.82, 2.24) is 0 Å². The molecule has 12 heavy (non-hydrogen) atoms. The zero-order valence-electron chi connectivity index (χ0n) is 6.30. The summed E-state index contributed by atoms with van der Waals surface area (Å²) < 4.78 is 5.45. The fraction of sp³-hybridized carbons (Fsp3) is 0.167. The topological polar surface area (TPSA) is 79.5 Å². The molecule has 0 atom stereocenters. The number of hydrogen-bond donors (Lipinski definition) is 1. The summed E-state index contributed by atoms with van der Waals surface area (Å²) in [5, 5.41) is 18.8. The number of furan rings is 1. The molecule has 1 heterocycles. The van der Waals surface area contributed by atoms with Crippen LogP contribution in [-0.2, 0) is 0 Å². The SMILES string of the molecule is C[N+](O)=Cc1ccc([N+](=O)[O-])o1. The normalized spacial score (nSPS) is 11.6. The summed E-state index contributed by atoms with van der Waals surface area (Å²) in [4.78, 5) is 9.48. The van der Waals surface area contributed by atoms with Crippen molar-refractivity contribution < 1.29 is 19.3 Å². The number of rotatable bonds is 2. The van der Waals surface area contributed by atoms with Crippen molar-refractivity contribution in [2.24, 2.45) is 0 Å². The Hall–Kier alpha value is -1.85. The lowest BCUT2D eigenvalue weighted by molar-refractivity contribution is -0.751. The molecule has 1 N–H and O–H groups in total. The van der Waals surface area contributed by atoms with Gasteiger partial charge in [-0.15, -0.1) is 0 Å². The van der Waals surface area contributed by atoms with Crippen molar-refractivity contribution in [2.75, 3.05) is 7.05 Å². The van der Waals surface area contributed by atoms with E-state index in [1.165, 1.54) is 25.4 Å². The molecule has 0 bridgehead atoms. The lowest BCUT2D eigenvalue weighted by Crippen LogP contribution is -1.99. The summed E-state index contributed by atoms with van der Waals surface area (Å²) in [5.74, 6) is -0.116. The molecular formula is C6H7N2O4+. The van der Waals surface area contributed by atoms with Crippen LogP contribution in [0.15, 0.2) is 16.5 Å². The highest BCUT2D eigenvalue weighted by Crippen LogP contribution is 2.13. The van der Waals surface area contributed by atoms with Crippen molar-refractivity contribution >= 4 is 12.1 Å². The second-order valence-corrected chi connectivity index (χ2v) is 2.14. The molecule has 6 nitrogen and oxygen atoms in total. The summed E-state index contributed by atoms with van der Waals surface area (Å²) in [7, 11) is 1.37. The van der Waals surface area contributed by atoms with E-state index in [9.17, 15) is 10.1 Å². The van der Waals surface area contributed by atoms with Gasteiger partial charge in [-0.2, -0.15) is 0 Å². The molecular weight excluding hydrogens is 164 g/mol. The second kappa shape index (κ2) is 3.04. The van der Waals surface area contributed by atoms with Gasteiger partial charge in [0.05, 0.1) is 6.07 Å². The molecule has 0 aliphatic heterocycles. The van der Waals surface area contributed by atoms with Crippen LogP contribution >= 0.6 is 0 Å². The Labute approximate surface area is 67.5 Å². The van der Waals surface area contributed by atoms with Crippen molar-refractivity contribution in [2.45, 2.75) is 0 Å². The van der Waals surface area contributed by atoms with Crippen LogP contribution in [0.2, 0.25) is 0 Å². The van der Waals surface area contributed by atoms with E-state index in [2.05, 4.69) is 0 Å². The first kappa shape index (κ1) is 8.25. The van der Waals surface area contributed by atoms with E-state index < -0.39 is 4.92 Å². The quantitative estimate of drug-likeness (QED) is 0.233. The standard InChI is InChI=1S/C6H7N2O4/c1-7(9)4-5-2-3-6(12-5)8(10)11/h2-4,9H,1H3/q+1. The molecule has 1 aromatic heterocycles. The van der Waals surface area contributed by atoms with Gasteiger partial charge < -0.3 is 4.42 Å². The third kappa shape index (κ3) is 1.82. The summed E-state index contributed by atoms with van der Waals surface area (Å²) in [5.41, 5.74) is 0. The van der Waals surface area contributed by atoms with E-state index in [0.29, 0.717) is 0 Å². The Bertz CT molecular complexity index is 324. The zero-order valence-corrected chi connectivity index (χ0v) is 6.30. The fourth-order valence-corrected chi connectivity index (χ4v) is 0.694. The number of hydroxylamine groups is 1. The molecule has 0 radical (unpaired) electrons. The van der Waals surface area contributed by atoms with Gasteiger partial charge >= 0.3 is 5.88 Å². The summed E-state index contributed by atoms with van der Waals surface area (Å²) in [6.07, 6.45) is 1.22. The smallest absolute Gasteiger partial charge is 0.395 e. The molecule has 0 saturated carbocycles. The average molecular weight is 171 g/mol. The Morgan fingerprint density at radius 2 is 2.33 bits per heavy atom. The maximum Gasteiger partial charge on any atom is 0.433 e. The van der Waals surface area contributed by atoms with Crippen LogP contribution in [0, 0.1) is 10.1 Å². The molecule has 64 valence electrons. The monoisotopic (exact) mass is 171 g/mol. The summed E-state index contributed by atoms with van der Waals surface area (Å²) >= 11 is 0. The van der Waals surface area contributed by atoms with E-state index in [0.717, 1.165) is 4.74 Å². The van der Waals surface area contributed by atoms with E-state index in [1.807, 2.05) is 0 Å². The van der Waals surface area contributed by atoms with Gasteiger partial charge in [-0.3, -0.25) is 15.3 Å². The van der Waals surface area contributed by atoms with Crippen LogP contribution in [0.5, 0.6) is 0 Å². The molecule has 1 rings (SSSR count). The van der Waals surface area contributed by atoms with Gasteiger partial charge in [0.25, 0.3) is 6.21 Å². The number of nitrogens with zero attached hydrogens (tertiary/aromatic N) is 2. The van der Waals surface area contributed by atoms with Crippen molar-refractivity contribution in [3.63, 3.8) is 0 Å². The highest BCUT2D eigenvalue weighted by atomic mass is 16.6. The van der Waals surface area contributed by atoms with Gasteiger partial charge in [0, 0.05) is 0 Å². The molecule has 0 spiro atoms. The maximum absolute atomic E-state index is 10.1. The third-order valence-corrected chi connectivity index (χ3v) is 1.11. The molecule has 0 aromatic carbocycles. The van der Waals surface area contributed by atoms with Gasteiger partial charge in [0.15, 0.2) is 7.05 Å². The molecule has 0 aliphatic rings. The van der Waals surface area contributed by atoms with E-state index in [-0.39, 0.29) is 11.6 Å². The van der Waals surface area contributed by atoms with Crippen molar-refractivity contribution in [1.29, 1.82) is 0 Å². The van der Waals surface area contributed by atoms with Crippen molar-refractivity contribution in [3.05, 3.63) is 28.0 Å². The number of nitro groups is 1. The largest absolute Gasteiger partial charge is 0.433 e. The van der Waals surface area contributed by atoms with Crippen LogP contribution in [0.25, 0.3) is 0 Å². The van der Waals surface area contributed by atoms with E-state index >= 15 is 0 Å². The zero-order chi connectivity index (χ0) is 9.14. The fourth-order valence-electron chi connectivity index (χ4n) is 0.694. The Morgan fingerprint density at radius 1 is 1.67 bits per heavy atom. The summed E-state index contributed by atoms with van der Waals surface area (Å²) in [6, 6.07) is 2.61. The first-order chi connectivity index (χ1) is 5.59. The predicted octanol–water partition coefficient (Wildman–Crippen LogP) is 0.638. The Kier molecular flexibility index (Phi) is 2.09. The van der Waals surface area contributed by atoms with Gasteiger partial charge in [-0.05, 0) is 10.8 Å². The minimum atomic E-state index is -0.644. The van der Waals surface area contributed by atoms with Gasteiger partial charge in [-0.1, -0.05) is 0 Å². The van der Waals surface area contributed by atoms with Crippen LogP contribution < -0.4 is 0 Å². The minimum absolute atomic E-state index is 0.228. The van der Waals surface area contributed by atoms with E-state index in [1.54, 1.807) is 0 Å². The minimum Gasteiger partial charge on any atom is -0.395 e. The highest BCUT2D eigenvalue weighted by molar-refractivity contribution is 5.71. The van der Waals surface area contributed by atoms with Crippen LogP contribution in [0.4, 0.5) is 5.88 Å². The third-order valence-electron chi connectivity index (χ3n) is 1.11. The first-order valence-corrected chi connectivity index (χ1v) is 3.10. The summed E-state index contributed by atoms with van der Waals surface area (Å²) in [6.45, 7) is 0. The Balaban J connectivity index is 2.92.